The van der Waals surface area contributed by atoms with Gasteiger partial charge >= 0.3 is 0 Å². The molecule has 1 aliphatic heterocycles. The van der Waals surface area contributed by atoms with Crippen LogP contribution in [0.5, 0.6) is 0 Å². The molecule has 0 aliphatic carbocycles. The highest BCUT2D eigenvalue weighted by Gasteiger charge is 2.27. The maximum Gasteiger partial charge on any atom is 0.243 e. The Bertz CT molecular complexity index is 647. The fourth-order valence-corrected chi connectivity index (χ4v) is 4.44. The number of anilines is 1. The molecule has 1 fully saturated rings. The van der Waals surface area contributed by atoms with E-state index in [1.54, 1.807) is 30.3 Å². The van der Waals surface area contributed by atoms with Gasteiger partial charge in [0, 0.05) is 25.7 Å². The van der Waals surface area contributed by atoms with Crippen molar-refractivity contribution in [2.75, 3.05) is 18.4 Å². The number of carbonyl (C=O) groups excluding carboxylic acids is 1. The third-order valence-corrected chi connectivity index (χ3v) is 5.81. The fourth-order valence-electron chi connectivity index (χ4n) is 2.64. The number of carbonyl (C=O) groups is 1. The van der Waals surface area contributed by atoms with Crippen molar-refractivity contribution in [1.82, 2.24) is 4.31 Å². The molecule has 116 valence electrons. The molecule has 1 amide bonds. The van der Waals surface area contributed by atoms with Gasteiger partial charge in [-0.2, -0.15) is 4.31 Å². The van der Waals surface area contributed by atoms with Gasteiger partial charge in [0.15, 0.2) is 0 Å². The molecule has 6 heteroatoms. The van der Waals surface area contributed by atoms with Crippen LogP contribution in [0, 0.1) is 13.8 Å². The lowest BCUT2D eigenvalue weighted by Crippen LogP contribution is -2.36. The van der Waals surface area contributed by atoms with Gasteiger partial charge in [-0.15, -0.1) is 0 Å². The smallest absolute Gasteiger partial charge is 0.243 e. The average Bonchev–Trinajstić information content (AvgIpc) is 2.42. The molecule has 0 unspecified atom stereocenters. The second-order valence-corrected chi connectivity index (χ2v) is 7.48. The molecule has 1 aliphatic rings. The van der Waals surface area contributed by atoms with Crippen LogP contribution in [0.15, 0.2) is 17.0 Å². The summed E-state index contributed by atoms with van der Waals surface area (Å²) in [7, 11) is -3.44. The summed E-state index contributed by atoms with van der Waals surface area (Å²) in [5.41, 5.74) is 2.08. The minimum absolute atomic E-state index is 0.163. The first-order valence-corrected chi connectivity index (χ1v) is 8.65. The maximum absolute atomic E-state index is 12.7. The second-order valence-electron chi connectivity index (χ2n) is 5.58. The predicted octanol–water partition coefficient (Wildman–Crippen LogP) is 2.44. The summed E-state index contributed by atoms with van der Waals surface area (Å²) >= 11 is 0. The standard InChI is InChI=1S/C15H22N2O3S/c1-11-10-15(12(2)9-14(11)16-13(3)18)21(19,20)17-7-5-4-6-8-17/h9-10H,4-8H2,1-3H3,(H,16,18). The van der Waals surface area contributed by atoms with Crippen LogP contribution in [0.1, 0.15) is 37.3 Å². The Morgan fingerprint density at radius 3 is 2.29 bits per heavy atom. The van der Waals surface area contributed by atoms with Crippen molar-refractivity contribution in [1.29, 1.82) is 0 Å². The molecular weight excluding hydrogens is 288 g/mol. The summed E-state index contributed by atoms with van der Waals surface area (Å²) in [4.78, 5) is 11.5. The van der Waals surface area contributed by atoms with Crippen LogP contribution in [0.2, 0.25) is 0 Å². The molecule has 1 N–H and O–H groups in total. The number of benzene rings is 1. The van der Waals surface area contributed by atoms with E-state index in [0.29, 0.717) is 29.2 Å². The van der Waals surface area contributed by atoms with Crippen molar-refractivity contribution < 1.29 is 13.2 Å². The van der Waals surface area contributed by atoms with E-state index in [9.17, 15) is 13.2 Å². The molecule has 21 heavy (non-hydrogen) atoms. The third kappa shape index (κ3) is 3.44. The number of hydrogen-bond donors (Lipinski definition) is 1. The maximum atomic E-state index is 12.7. The first-order valence-electron chi connectivity index (χ1n) is 7.21. The Hall–Kier alpha value is -1.40. The molecule has 1 aromatic rings. The zero-order chi connectivity index (χ0) is 15.6. The van der Waals surface area contributed by atoms with Crippen molar-refractivity contribution >= 4 is 21.6 Å². The summed E-state index contributed by atoms with van der Waals surface area (Å²) in [6.07, 6.45) is 2.92. The van der Waals surface area contributed by atoms with Crippen LogP contribution in [0.4, 0.5) is 5.69 Å². The monoisotopic (exact) mass is 310 g/mol. The van der Waals surface area contributed by atoms with E-state index >= 15 is 0 Å². The van der Waals surface area contributed by atoms with Crippen molar-refractivity contribution in [3.63, 3.8) is 0 Å². The van der Waals surface area contributed by atoms with Gasteiger partial charge in [0.25, 0.3) is 0 Å². The lowest BCUT2D eigenvalue weighted by molar-refractivity contribution is -0.114. The first kappa shape index (κ1) is 16.0. The van der Waals surface area contributed by atoms with E-state index in [0.717, 1.165) is 24.8 Å². The van der Waals surface area contributed by atoms with Gasteiger partial charge in [-0.05, 0) is 49.9 Å². The van der Waals surface area contributed by atoms with Gasteiger partial charge in [0.05, 0.1) is 4.90 Å². The Balaban J connectivity index is 2.39. The predicted molar refractivity (Wildman–Crippen MR) is 82.8 cm³/mol. The topological polar surface area (TPSA) is 66.5 Å². The summed E-state index contributed by atoms with van der Waals surface area (Å²) in [5, 5.41) is 2.72. The summed E-state index contributed by atoms with van der Waals surface area (Å²) < 4.78 is 27.0. The van der Waals surface area contributed by atoms with Crippen LogP contribution in [-0.2, 0) is 14.8 Å². The van der Waals surface area contributed by atoms with Crippen molar-refractivity contribution in [3.05, 3.63) is 23.3 Å². The Morgan fingerprint density at radius 2 is 1.71 bits per heavy atom. The molecule has 1 aromatic carbocycles. The van der Waals surface area contributed by atoms with E-state index in [1.807, 2.05) is 0 Å². The zero-order valence-corrected chi connectivity index (χ0v) is 13.6. The number of rotatable bonds is 3. The molecule has 5 nitrogen and oxygen atoms in total. The number of amides is 1. The molecule has 0 radical (unpaired) electrons. The quantitative estimate of drug-likeness (QED) is 0.932. The van der Waals surface area contributed by atoms with Crippen LogP contribution in [-0.4, -0.2) is 31.7 Å². The molecular formula is C15H22N2O3S. The molecule has 0 atom stereocenters. The molecule has 1 saturated heterocycles. The number of nitrogens with one attached hydrogen (secondary N) is 1. The SMILES string of the molecule is CC(=O)Nc1cc(C)c(S(=O)(=O)N2CCCCC2)cc1C. The second kappa shape index (κ2) is 6.15. The van der Waals surface area contributed by atoms with Gasteiger partial charge in [-0.25, -0.2) is 8.42 Å². The molecule has 0 saturated carbocycles. The molecule has 0 bridgehead atoms. The zero-order valence-electron chi connectivity index (χ0n) is 12.8. The van der Waals surface area contributed by atoms with Crippen LogP contribution < -0.4 is 5.32 Å². The van der Waals surface area contributed by atoms with E-state index in [1.165, 1.54) is 6.92 Å². The highest BCUT2D eigenvalue weighted by atomic mass is 32.2. The average molecular weight is 310 g/mol. The molecule has 2 rings (SSSR count). The first-order chi connectivity index (χ1) is 9.82. The largest absolute Gasteiger partial charge is 0.326 e. The van der Waals surface area contributed by atoms with Crippen molar-refractivity contribution in [2.24, 2.45) is 0 Å². The van der Waals surface area contributed by atoms with Crippen molar-refractivity contribution in [2.45, 2.75) is 44.9 Å². The lowest BCUT2D eigenvalue weighted by atomic mass is 10.1. The van der Waals surface area contributed by atoms with E-state index in [-0.39, 0.29) is 5.91 Å². The lowest BCUT2D eigenvalue weighted by Gasteiger charge is -2.27. The normalized spacial score (nSPS) is 16.7. The van der Waals surface area contributed by atoms with Crippen LogP contribution in [0.3, 0.4) is 0 Å². The summed E-state index contributed by atoms with van der Waals surface area (Å²) in [6, 6.07) is 3.39. The Labute approximate surface area is 126 Å². The Morgan fingerprint density at radius 1 is 1.10 bits per heavy atom. The third-order valence-electron chi connectivity index (χ3n) is 3.77. The summed E-state index contributed by atoms with van der Waals surface area (Å²) in [6.45, 7) is 6.19. The number of sulfonamides is 1. The van der Waals surface area contributed by atoms with Gasteiger partial charge in [-0.1, -0.05) is 6.42 Å². The summed E-state index contributed by atoms with van der Waals surface area (Å²) in [5.74, 6) is -0.163. The number of nitrogens with zero attached hydrogens (tertiary/aromatic N) is 1. The number of hydrogen-bond acceptors (Lipinski definition) is 3. The van der Waals surface area contributed by atoms with Crippen molar-refractivity contribution in [3.8, 4) is 0 Å². The van der Waals surface area contributed by atoms with E-state index in [4.69, 9.17) is 0 Å². The highest BCUT2D eigenvalue weighted by Crippen LogP contribution is 2.28. The van der Waals surface area contributed by atoms with E-state index in [2.05, 4.69) is 5.32 Å². The fraction of sp³-hybridized carbons (Fsp3) is 0.533. The molecule has 0 spiro atoms. The van der Waals surface area contributed by atoms with Crippen LogP contribution in [0.25, 0.3) is 0 Å². The highest BCUT2D eigenvalue weighted by molar-refractivity contribution is 7.89. The minimum atomic E-state index is -3.44. The minimum Gasteiger partial charge on any atom is -0.326 e. The van der Waals surface area contributed by atoms with Gasteiger partial charge in [0.2, 0.25) is 15.9 Å². The van der Waals surface area contributed by atoms with Gasteiger partial charge < -0.3 is 5.32 Å². The van der Waals surface area contributed by atoms with Gasteiger partial charge in [-0.3, -0.25) is 4.79 Å². The van der Waals surface area contributed by atoms with Crippen LogP contribution >= 0.6 is 0 Å². The van der Waals surface area contributed by atoms with Gasteiger partial charge in [0.1, 0.15) is 0 Å². The number of aryl methyl sites for hydroxylation is 2. The molecule has 0 aromatic heterocycles. The molecule has 1 heterocycles. The number of piperidine rings is 1. The van der Waals surface area contributed by atoms with E-state index < -0.39 is 10.0 Å². The Kier molecular flexibility index (Phi) is 4.68.